The van der Waals surface area contributed by atoms with Crippen LogP contribution in [0, 0.1) is 35.5 Å². The Kier molecular flexibility index (Phi) is 12.6. The Morgan fingerprint density at radius 2 is 1.09 bits per heavy atom. The summed E-state index contributed by atoms with van der Waals surface area (Å²) >= 11 is 0. The Morgan fingerprint density at radius 3 is 1.69 bits per heavy atom. The van der Waals surface area contributed by atoms with Gasteiger partial charge in [-0.1, -0.05) is 120 Å². The Labute approximate surface area is 216 Å². The van der Waals surface area contributed by atoms with Crippen molar-refractivity contribution < 1.29 is 0 Å². The zero-order chi connectivity index (χ0) is 24.6. The molecule has 186 valence electrons. The van der Waals surface area contributed by atoms with Crippen LogP contribution in [-0.4, -0.2) is 0 Å². The fraction of sp³-hybridized carbons (Fsp3) is 0.543. The summed E-state index contributed by atoms with van der Waals surface area (Å²) in [4.78, 5) is 0. The van der Waals surface area contributed by atoms with Gasteiger partial charge >= 0.3 is 0 Å². The van der Waals surface area contributed by atoms with Crippen molar-refractivity contribution in [1.82, 2.24) is 0 Å². The summed E-state index contributed by atoms with van der Waals surface area (Å²) in [5.41, 5.74) is 4.66. The van der Waals surface area contributed by atoms with Crippen molar-refractivity contribution in [3.63, 3.8) is 0 Å². The second kappa shape index (κ2) is 16.3. The van der Waals surface area contributed by atoms with Crippen LogP contribution in [0.4, 0.5) is 0 Å². The van der Waals surface area contributed by atoms with Gasteiger partial charge in [-0.2, -0.15) is 0 Å². The molecule has 0 bridgehead atoms. The molecule has 1 aliphatic carbocycles. The molecule has 0 heterocycles. The quantitative estimate of drug-likeness (QED) is 0.228. The molecule has 1 saturated carbocycles. The van der Waals surface area contributed by atoms with Gasteiger partial charge in [-0.15, -0.1) is 0 Å². The van der Waals surface area contributed by atoms with Gasteiger partial charge in [-0.25, -0.2) is 0 Å². The molecule has 2 aromatic rings. The summed E-state index contributed by atoms with van der Waals surface area (Å²) in [6.07, 6.45) is 20.6. The molecular weight excluding hydrogens is 420 g/mol. The zero-order valence-corrected chi connectivity index (χ0v) is 22.4. The monoisotopic (exact) mass is 466 g/mol. The van der Waals surface area contributed by atoms with E-state index >= 15 is 0 Å². The second-order valence-electron chi connectivity index (χ2n) is 10.6. The third kappa shape index (κ3) is 10.8. The van der Waals surface area contributed by atoms with Crippen LogP contribution < -0.4 is 0 Å². The standard InChI is InChI=1S/C35H46/c1-3-5-7-8-9-11-13-31-16-20-33(21-17-31)23-25-35-28-26-34(27-29-35)24-22-32-18-14-30(15-19-32)12-10-6-4-2/h14-15,18-19,26-29,31,33H,3-9,11,13,16-17,20-21,23,25H2,1-2H3/t31-,33-. The van der Waals surface area contributed by atoms with E-state index in [9.17, 15) is 0 Å². The van der Waals surface area contributed by atoms with Crippen molar-refractivity contribution in [2.24, 2.45) is 11.8 Å². The molecule has 1 fully saturated rings. The van der Waals surface area contributed by atoms with Gasteiger partial charge in [-0.3, -0.25) is 0 Å². The molecule has 0 heteroatoms. The van der Waals surface area contributed by atoms with Crippen LogP contribution in [-0.2, 0) is 6.42 Å². The third-order valence-corrected chi connectivity index (χ3v) is 7.57. The van der Waals surface area contributed by atoms with E-state index in [1.54, 1.807) is 0 Å². The fourth-order valence-electron chi connectivity index (χ4n) is 5.22. The van der Waals surface area contributed by atoms with Crippen molar-refractivity contribution in [3.05, 3.63) is 70.8 Å². The number of hydrogen-bond acceptors (Lipinski definition) is 0. The number of rotatable bonds is 11. The van der Waals surface area contributed by atoms with E-state index in [-0.39, 0.29) is 0 Å². The molecule has 0 nitrogen and oxygen atoms in total. The number of benzene rings is 2. The normalized spacial score (nSPS) is 17.2. The van der Waals surface area contributed by atoms with E-state index in [2.05, 4.69) is 86.1 Å². The van der Waals surface area contributed by atoms with Gasteiger partial charge in [0.25, 0.3) is 0 Å². The molecule has 2 aromatic carbocycles. The van der Waals surface area contributed by atoms with Crippen LogP contribution in [0.15, 0.2) is 48.5 Å². The lowest BCUT2D eigenvalue weighted by Gasteiger charge is -2.28. The average Bonchev–Trinajstić information content (AvgIpc) is 2.90. The highest BCUT2D eigenvalue weighted by Crippen LogP contribution is 2.34. The van der Waals surface area contributed by atoms with Crippen LogP contribution in [0.25, 0.3) is 0 Å². The predicted octanol–water partition coefficient (Wildman–Crippen LogP) is 9.73. The number of aryl methyl sites for hydroxylation is 1. The predicted molar refractivity (Wildman–Crippen MR) is 152 cm³/mol. The van der Waals surface area contributed by atoms with Crippen molar-refractivity contribution in [2.45, 2.75) is 110 Å². The van der Waals surface area contributed by atoms with Crippen LogP contribution in [0.5, 0.6) is 0 Å². The minimum Gasteiger partial charge on any atom is -0.0979 e. The highest BCUT2D eigenvalue weighted by Gasteiger charge is 2.20. The van der Waals surface area contributed by atoms with E-state index < -0.39 is 0 Å². The third-order valence-electron chi connectivity index (χ3n) is 7.57. The van der Waals surface area contributed by atoms with Gasteiger partial charge in [0.1, 0.15) is 0 Å². The molecule has 3 rings (SSSR count). The lowest BCUT2D eigenvalue weighted by Crippen LogP contribution is -2.15. The van der Waals surface area contributed by atoms with Gasteiger partial charge in [0.15, 0.2) is 0 Å². The Morgan fingerprint density at radius 1 is 0.571 bits per heavy atom. The topological polar surface area (TPSA) is 0 Å². The van der Waals surface area contributed by atoms with Gasteiger partial charge < -0.3 is 0 Å². The molecule has 0 atom stereocenters. The van der Waals surface area contributed by atoms with Gasteiger partial charge in [0.05, 0.1) is 0 Å². The molecular formula is C35H46. The maximum absolute atomic E-state index is 3.31. The molecule has 0 spiro atoms. The second-order valence-corrected chi connectivity index (χ2v) is 10.6. The van der Waals surface area contributed by atoms with Crippen molar-refractivity contribution in [3.8, 4) is 23.7 Å². The molecule has 0 radical (unpaired) electrons. The first-order valence-corrected chi connectivity index (χ1v) is 14.5. The molecule has 0 N–H and O–H groups in total. The number of hydrogen-bond donors (Lipinski definition) is 0. The van der Waals surface area contributed by atoms with Crippen LogP contribution in [0.1, 0.15) is 126 Å². The summed E-state index contributed by atoms with van der Waals surface area (Å²) < 4.78 is 0. The first-order chi connectivity index (χ1) is 17.3. The molecule has 0 aliphatic heterocycles. The summed E-state index contributed by atoms with van der Waals surface area (Å²) in [5, 5.41) is 0. The smallest absolute Gasteiger partial charge is 0.0249 e. The van der Waals surface area contributed by atoms with Crippen LogP contribution >= 0.6 is 0 Å². The van der Waals surface area contributed by atoms with Crippen molar-refractivity contribution in [2.75, 3.05) is 0 Å². The van der Waals surface area contributed by atoms with Gasteiger partial charge in [0, 0.05) is 23.1 Å². The maximum atomic E-state index is 3.31. The average molecular weight is 467 g/mol. The highest BCUT2D eigenvalue weighted by molar-refractivity contribution is 5.46. The van der Waals surface area contributed by atoms with Crippen molar-refractivity contribution >= 4 is 0 Å². The van der Waals surface area contributed by atoms with E-state index in [1.807, 2.05) is 0 Å². The van der Waals surface area contributed by atoms with E-state index in [0.717, 1.165) is 41.4 Å². The fourth-order valence-corrected chi connectivity index (χ4v) is 5.22. The molecule has 0 amide bonds. The maximum Gasteiger partial charge on any atom is 0.0249 e. The zero-order valence-electron chi connectivity index (χ0n) is 22.4. The van der Waals surface area contributed by atoms with Crippen molar-refractivity contribution in [1.29, 1.82) is 0 Å². The Balaban J connectivity index is 1.35. The molecule has 35 heavy (non-hydrogen) atoms. The molecule has 1 aliphatic rings. The summed E-state index contributed by atoms with van der Waals surface area (Å²) in [6.45, 7) is 4.46. The highest BCUT2D eigenvalue weighted by atomic mass is 14.3. The summed E-state index contributed by atoms with van der Waals surface area (Å²) in [7, 11) is 0. The van der Waals surface area contributed by atoms with Gasteiger partial charge in [0.2, 0.25) is 0 Å². The summed E-state index contributed by atoms with van der Waals surface area (Å²) in [6, 6.07) is 17.2. The van der Waals surface area contributed by atoms with E-state index in [1.165, 1.54) is 89.0 Å². The first kappa shape index (κ1) is 27.2. The SMILES string of the molecule is CCCC#Cc1ccc(C#Cc2ccc(CC[C@H]3CC[C@H](CCCCCCCC)CC3)cc2)cc1. The van der Waals surface area contributed by atoms with E-state index in [4.69, 9.17) is 0 Å². The minimum atomic E-state index is 0.935. The Hall–Kier alpha value is -2.44. The first-order valence-electron chi connectivity index (χ1n) is 14.5. The molecule has 0 aromatic heterocycles. The van der Waals surface area contributed by atoms with Crippen LogP contribution in [0.3, 0.4) is 0 Å². The molecule has 0 saturated heterocycles. The van der Waals surface area contributed by atoms with Crippen LogP contribution in [0.2, 0.25) is 0 Å². The Bertz CT molecular complexity index is 947. The lowest BCUT2D eigenvalue weighted by atomic mass is 9.77. The molecule has 0 unspecified atom stereocenters. The van der Waals surface area contributed by atoms with Gasteiger partial charge in [-0.05, 0) is 73.1 Å². The number of unbranched alkanes of at least 4 members (excludes halogenated alkanes) is 6. The minimum absolute atomic E-state index is 0.935. The van der Waals surface area contributed by atoms with E-state index in [0.29, 0.717) is 0 Å². The summed E-state index contributed by atoms with van der Waals surface area (Å²) in [5.74, 6) is 15.0. The lowest BCUT2D eigenvalue weighted by molar-refractivity contribution is 0.248. The largest absolute Gasteiger partial charge is 0.0979 e.